The Balaban J connectivity index is 0.781. The standard InChI is InChI=1S/C101H133N5O41/c1-54(112)104-74(82(69-36-41-127-94(134-69)59-30-16-6-17-31-59)143-97-64(116)44-62(114)78(139-97)66(118)46-107)91(123)133-72(49-110)79-63(115)45-65(117)98(140-79)144-83(70-37-42-128-95(135-70)60-32-18-7-19-33-60)75(105-55(2)113)92(124)138-86-76(121)100(141-80(86)67(119)47-108)147-88-84(130-51-56-24-10-3-11-25-56)73(50-111)137-101(90(88)132-53-58-28-14-5-15-29-58)146-87-77(122)99(142-81(87)68(120)48-109)145-85(71-38-43-129-96(136-71)61-34-20-8-21-35-61)89(131-52-57-26-12-4-13-27-57)93(125)126-40-23-9-22-39-103-106-102/h3-8,10-21,24-35,62-73,75-81,83-84,86-88,90-101,107-111,114-125H,9,22-23,36-53H2,1-2H3,(H,104,112)(H,105,113)/b82-74-,89-85+/t62?,63?,64-,65-,66+,67+,68+,69?,70?,71?,72+,73?,75?,76?,77?,78+,79+,80?,81?,83?,84?,86?,87?,88?,90?,91?,92?,93?,94?,95?,96?,97-,98-,99?,100?,101?/m0/s1. The molecule has 0 bridgehead atoms. The van der Waals surface area contributed by atoms with Gasteiger partial charge < -0.3 is 202 Å². The van der Waals surface area contributed by atoms with Crippen LogP contribution in [0.15, 0.2) is 210 Å². The first-order chi connectivity index (χ1) is 71.2. The van der Waals surface area contributed by atoms with Gasteiger partial charge in [0, 0.05) is 67.7 Å². The van der Waals surface area contributed by atoms with E-state index < -0.39 is 291 Å². The van der Waals surface area contributed by atoms with Gasteiger partial charge in [-0.15, -0.1) is 0 Å². The lowest BCUT2D eigenvalue weighted by molar-refractivity contribution is -0.356. The number of rotatable bonds is 51. The van der Waals surface area contributed by atoms with Crippen LogP contribution in [0.1, 0.15) is 117 Å². The van der Waals surface area contributed by atoms with Gasteiger partial charge in [0.15, 0.2) is 67.6 Å². The van der Waals surface area contributed by atoms with Crippen LogP contribution in [-0.4, -0.2) is 367 Å². The first-order valence-electron chi connectivity index (χ1n) is 48.9. The van der Waals surface area contributed by atoms with Crippen molar-refractivity contribution in [3.63, 3.8) is 0 Å². The molecule has 6 aromatic carbocycles. The van der Waals surface area contributed by atoms with Crippen molar-refractivity contribution in [3.05, 3.63) is 249 Å². The third kappa shape index (κ3) is 30.3. The Morgan fingerprint density at radius 3 is 1.48 bits per heavy atom. The molecule has 0 aliphatic carbocycles. The van der Waals surface area contributed by atoms with E-state index in [2.05, 4.69) is 20.7 Å². The molecule has 147 heavy (non-hydrogen) atoms. The fourth-order valence-electron chi connectivity index (χ4n) is 18.4. The van der Waals surface area contributed by atoms with Crippen LogP contribution in [-0.2, 0) is 134 Å². The molecule has 46 nitrogen and oxygen atoms in total. The van der Waals surface area contributed by atoms with E-state index in [-0.39, 0.29) is 83.6 Å². The zero-order valence-electron chi connectivity index (χ0n) is 80.7. The first-order valence-corrected chi connectivity index (χ1v) is 48.9. The van der Waals surface area contributed by atoms with E-state index in [0.717, 1.165) is 13.8 Å². The monoisotopic (exact) mass is 2070 g/mol. The minimum atomic E-state index is -2.53. The minimum Gasteiger partial charge on any atom is -0.484 e. The fourth-order valence-corrected chi connectivity index (χ4v) is 18.4. The van der Waals surface area contributed by atoms with Crippen LogP contribution in [0.5, 0.6) is 0 Å². The van der Waals surface area contributed by atoms with Crippen LogP contribution in [0.4, 0.5) is 0 Å². The molecular weight excluding hydrogens is 1940 g/mol. The highest BCUT2D eigenvalue weighted by Crippen LogP contribution is 2.44. The first kappa shape index (κ1) is 114. The molecule has 36 atom stereocenters. The van der Waals surface area contributed by atoms with E-state index in [1.165, 1.54) is 0 Å². The van der Waals surface area contributed by atoms with Gasteiger partial charge in [-0.25, -0.2) is 0 Å². The molecule has 808 valence electrons. The van der Waals surface area contributed by atoms with E-state index in [9.17, 15) is 96.4 Å². The highest BCUT2D eigenvalue weighted by Gasteiger charge is 2.60. The highest BCUT2D eigenvalue weighted by atomic mass is 16.8. The van der Waals surface area contributed by atoms with Crippen molar-refractivity contribution in [2.24, 2.45) is 5.11 Å². The summed E-state index contributed by atoms with van der Waals surface area (Å²) in [5, 5.41) is 209. The smallest absolute Gasteiger partial charge is 0.229 e. The third-order valence-electron chi connectivity index (χ3n) is 25.8. The van der Waals surface area contributed by atoms with Gasteiger partial charge in [-0.3, -0.25) is 9.59 Å². The van der Waals surface area contributed by atoms with Gasteiger partial charge in [0.2, 0.25) is 30.7 Å². The summed E-state index contributed by atoms with van der Waals surface area (Å²) in [6, 6.07) is 49.9. The molecule has 0 spiro atoms. The second-order valence-electron chi connectivity index (χ2n) is 36.4. The molecule has 19 N–H and O–H groups in total. The maximum absolute atomic E-state index is 14.0. The van der Waals surface area contributed by atoms with E-state index in [1.54, 1.807) is 182 Å². The molecule has 0 radical (unpaired) electrons. The summed E-state index contributed by atoms with van der Waals surface area (Å²) in [4.78, 5) is 30.3. The highest BCUT2D eigenvalue weighted by molar-refractivity contribution is 5.75. The Labute approximate surface area is 846 Å². The number of azide groups is 1. The molecule has 8 saturated heterocycles. The number of carbonyl (C=O) groups excluding carboxylic acids is 2. The average molecular weight is 2070 g/mol. The topological polar surface area (TPSA) is 654 Å². The normalized spacial score (nSPS) is 32.3. The van der Waals surface area contributed by atoms with Crippen LogP contribution in [0, 0.1) is 0 Å². The van der Waals surface area contributed by atoms with Crippen LogP contribution < -0.4 is 10.6 Å². The summed E-state index contributed by atoms with van der Waals surface area (Å²) in [5.74, 6) is -2.90. The molecular formula is C101H133N5O41. The number of ether oxygens (including phenoxy) is 22. The Hall–Kier alpha value is -8.99. The summed E-state index contributed by atoms with van der Waals surface area (Å²) >= 11 is 0. The average Bonchev–Trinajstić information content (AvgIpc) is 1.68. The van der Waals surface area contributed by atoms with E-state index >= 15 is 0 Å². The van der Waals surface area contributed by atoms with Gasteiger partial charge >= 0.3 is 0 Å². The quantitative estimate of drug-likeness (QED) is 0.00632. The Morgan fingerprint density at radius 2 is 0.932 bits per heavy atom. The lowest BCUT2D eigenvalue weighted by Gasteiger charge is -2.47. The lowest BCUT2D eigenvalue weighted by Crippen LogP contribution is -2.64. The predicted molar refractivity (Wildman–Crippen MR) is 501 cm³/mol. The second-order valence-corrected chi connectivity index (χ2v) is 36.4. The van der Waals surface area contributed by atoms with E-state index in [0.29, 0.717) is 52.6 Å². The van der Waals surface area contributed by atoms with Crippen molar-refractivity contribution in [2.45, 2.75) is 307 Å². The van der Waals surface area contributed by atoms with Crippen LogP contribution in [0.3, 0.4) is 0 Å². The molecule has 26 unspecified atom stereocenters. The van der Waals surface area contributed by atoms with Gasteiger partial charge in [-0.1, -0.05) is 194 Å². The number of benzene rings is 6. The summed E-state index contributed by atoms with van der Waals surface area (Å²) in [6.07, 6.45) is -63.2. The number of unbranched alkanes of at least 4 members (excludes halogenated alkanes) is 2. The Bertz CT molecular complexity index is 5030. The summed E-state index contributed by atoms with van der Waals surface area (Å²) in [6.45, 7) is -3.92. The van der Waals surface area contributed by atoms with Crippen molar-refractivity contribution in [1.82, 2.24) is 10.6 Å². The van der Waals surface area contributed by atoms with Gasteiger partial charge in [0.25, 0.3) is 0 Å². The Kier molecular flexibility index (Phi) is 43.6. The molecule has 8 aliphatic rings. The number of aliphatic hydroxyl groups excluding tert-OH is 17. The number of aliphatic hydroxyl groups is 17. The number of carbonyl (C=O) groups is 2. The van der Waals surface area contributed by atoms with Gasteiger partial charge in [-0.2, -0.15) is 0 Å². The minimum absolute atomic E-state index is 0.0188. The molecule has 6 aromatic rings. The molecule has 2 amide bonds. The van der Waals surface area contributed by atoms with Gasteiger partial charge in [-0.05, 0) is 41.5 Å². The van der Waals surface area contributed by atoms with Gasteiger partial charge in [0.05, 0.1) is 91.0 Å². The number of hydrogen-bond donors (Lipinski definition) is 19. The number of nitrogens with zero attached hydrogens (tertiary/aromatic N) is 3. The van der Waals surface area contributed by atoms with Crippen molar-refractivity contribution in [2.75, 3.05) is 66.0 Å². The molecule has 14 rings (SSSR count). The molecule has 8 heterocycles. The van der Waals surface area contributed by atoms with Crippen molar-refractivity contribution < 1.29 is 201 Å². The third-order valence-corrected chi connectivity index (χ3v) is 25.8. The Morgan fingerprint density at radius 1 is 0.456 bits per heavy atom. The molecule has 0 saturated carbocycles. The zero-order valence-corrected chi connectivity index (χ0v) is 80.7. The molecule has 8 fully saturated rings. The van der Waals surface area contributed by atoms with E-state index in [1.807, 2.05) is 0 Å². The molecule has 46 heteroatoms. The maximum Gasteiger partial charge on any atom is 0.229 e. The van der Waals surface area contributed by atoms with Crippen LogP contribution in [0.25, 0.3) is 10.4 Å². The number of nitrogens with one attached hydrogen (secondary N) is 2. The van der Waals surface area contributed by atoms with Crippen molar-refractivity contribution >= 4 is 11.8 Å². The number of amides is 2. The lowest BCUT2D eigenvalue weighted by atomic mass is 9.97. The second kappa shape index (κ2) is 56.4. The van der Waals surface area contributed by atoms with Crippen molar-refractivity contribution in [1.29, 1.82) is 0 Å². The summed E-state index contributed by atoms with van der Waals surface area (Å²) in [7, 11) is 0. The molecule has 8 aliphatic heterocycles. The van der Waals surface area contributed by atoms with Crippen molar-refractivity contribution in [3.8, 4) is 0 Å². The molecule has 0 aromatic heterocycles. The predicted octanol–water partition coefficient (Wildman–Crippen LogP) is 0.977. The van der Waals surface area contributed by atoms with E-state index in [4.69, 9.17) is 110 Å². The van der Waals surface area contributed by atoms with Crippen LogP contribution >= 0.6 is 0 Å². The van der Waals surface area contributed by atoms with Gasteiger partial charge in [0.1, 0.15) is 147 Å². The number of hydrogen-bond acceptors (Lipinski definition) is 42. The SMILES string of the molecule is CC(=O)N/C(=C(\O[C@@H]1O[C@@H]([C@H](O)CO)C(O)C[C@@H]1O)C1CCOC(c2ccccc2)O1)C(O)O[C@H](CO)[C@@H]1O[C@@H](OC(C2CCOC(c3ccccc3)O2)C(NC(C)=O)C(O)OC2C(O)C(OC3C(OCc4ccccc4)C(CO)OC(OC4C(O)C(O/C(=C(/OCc5ccccc5)C(O)OCCCCCN=[N+]=[N-])C5CCOC(c6ccccc6)O5)OC4[C@H](O)CO)C3OCc3ccccc3)OC2[C@H](O)CO)[C@@H](O)CC1O. The van der Waals surface area contributed by atoms with Crippen LogP contribution in [0.2, 0.25) is 0 Å². The largest absolute Gasteiger partial charge is 0.484 e. The summed E-state index contributed by atoms with van der Waals surface area (Å²) in [5.41, 5.74) is 11.5. The summed E-state index contributed by atoms with van der Waals surface area (Å²) < 4.78 is 142. The fraction of sp³-hybridized carbons (Fsp3) is 0.584. The zero-order chi connectivity index (χ0) is 104. The maximum atomic E-state index is 14.0.